The molecule has 7 nitrogen and oxygen atoms in total. The quantitative estimate of drug-likeness (QED) is 0.421. The molecule has 0 spiro atoms. The molecule has 0 aliphatic rings. The number of carbonyl (C=O) groups is 3. The van der Waals surface area contributed by atoms with E-state index in [1.165, 1.54) is 13.8 Å². The number of aromatic amines is 1. The van der Waals surface area contributed by atoms with Crippen molar-refractivity contribution in [1.82, 2.24) is 4.98 Å². The van der Waals surface area contributed by atoms with Gasteiger partial charge in [-0.05, 0) is 57.5 Å². The van der Waals surface area contributed by atoms with Gasteiger partial charge < -0.3 is 19.5 Å². The van der Waals surface area contributed by atoms with Crippen molar-refractivity contribution in [1.29, 1.82) is 0 Å². The molecule has 2 N–H and O–H groups in total. The Labute approximate surface area is 174 Å². The number of aromatic nitrogens is 1. The zero-order chi connectivity index (χ0) is 21.8. The Kier molecular flexibility index (Phi) is 6.20. The van der Waals surface area contributed by atoms with Crippen molar-refractivity contribution in [3.8, 4) is 0 Å². The minimum absolute atomic E-state index is 0.124. The van der Waals surface area contributed by atoms with Crippen LogP contribution in [-0.4, -0.2) is 28.6 Å². The predicted molar refractivity (Wildman–Crippen MR) is 112 cm³/mol. The lowest BCUT2D eigenvalue weighted by Gasteiger charge is -2.15. The minimum atomic E-state index is -1.02. The number of hydrogen-bond donors (Lipinski definition) is 2. The number of carbonyl (C=O) groups excluding carboxylic acids is 3. The molecule has 0 saturated heterocycles. The molecule has 1 atom stereocenters. The van der Waals surface area contributed by atoms with Gasteiger partial charge in [-0.25, -0.2) is 4.79 Å². The number of benzene rings is 1. The molecule has 2 heterocycles. The molecule has 1 aromatic carbocycles. The highest BCUT2D eigenvalue weighted by molar-refractivity contribution is 6.06. The van der Waals surface area contributed by atoms with Gasteiger partial charge in [0.15, 0.2) is 11.9 Å². The lowest BCUT2D eigenvalue weighted by Crippen LogP contribution is -2.25. The Bertz CT molecular complexity index is 1080. The maximum Gasteiger partial charge on any atom is 0.340 e. The first-order valence-electron chi connectivity index (χ1n) is 9.60. The molecular formula is C23H24N2O5. The van der Waals surface area contributed by atoms with Gasteiger partial charge in [-0.2, -0.15) is 0 Å². The Hall–Kier alpha value is -3.61. The van der Waals surface area contributed by atoms with Crippen molar-refractivity contribution in [3.63, 3.8) is 0 Å². The van der Waals surface area contributed by atoms with Gasteiger partial charge in [-0.15, -0.1) is 0 Å². The van der Waals surface area contributed by atoms with Crippen LogP contribution in [-0.2, 0) is 11.3 Å². The molecular weight excluding hydrogens is 384 g/mol. The summed E-state index contributed by atoms with van der Waals surface area (Å²) in [5.74, 6) is -0.411. The van der Waals surface area contributed by atoms with Crippen LogP contribution < -0.4 is 5.32 Å². The van der Waals surface area contributed by atoms with Gasteiger partial charge in [0.2, 0.25) is 5.78 Å². The molecule has 0 unspecified atom stereocenters. The Morgan fingerprint density at radius 3 is 2.50 bits per heavy atom. The molecule has 0 aliphatic heterocycles. The molecule has 0 bridgehead atoms. The van der Waals surface area contributed by atoms with Crippen molar-refractivity contribution in [2.75, 3.05) is 5.32 Å². The van der Waals surface area contributed by atoms with Gasteiger partial charge in [0.1, 0.15) is 5.76 Å². The molecule has 0 amide bonds. The van der Waals surface area contributed by atoms with Crippen molar-refractivity contribution >= 4 is 23.2 Å². The Morgan fingerprint density at radius 2 is 1.87 bits per heavy atom. The minimum Gasteiger partial charge on any atom is -0.467 e. The smallest absolute Gasteiger partial charge is 0.340 e. The molecule has 0 radical (unpaired) electrons. The topological polar surface area (TPSA) is 101 Å². The van der Waals surface area contributed by atoms with E-state index in [0.29, 0.717) is 34.6 Å². The average molecular weight is 408 g/mol. The zero-order valence-electron chi connectivity index (χ0n) is 17.4. The standard InChI is InChI=1S/C23H24N2O5/c1-13-20(15(3)26)14(2)25-21(13)22(27)16(4)30-23(28)18-9-5-6-10-19(18)24-12-17-8-7-11-29-17/h5-11,16,24-25H,12H2,1-4H3/t16-/m1/s1. The van der Waals surface area contributed by atoms with E-state index in [0.717, 1.165) is 5.76 Å². The summed E-state index contributed by atoms with van der Waals surface area (Å²) in [5.41, 5.74) is 2.84. The van der Waals surface area contributed by atoms with Crippen LogP contribution in [0.5, 0.6) is 0 Å². The molecule has 0 fully saturated rings. The number of H-pyrrole nitrogens is 1. The number of anilines is 1. The second-order valence-corrected chi connectivity index (χ2v) is 7.07. The first-order chi connectivity index (χ1) is 14.3. The van der Waals surface area contributed by atoms with Crippen molar-refractivity contribution in [2.45, 2.75) is 40.3 Å². The summed E-state index contributed by atoms with van der Waals surface area (Å²) in [4.78, 5) is 40.3. The summed E-state index contributed by atoms with van der Waals surface area (Å²) >= 11 is 0. The number of ether oxygens (including phenoxy) is 1. The highest BCUT2D eigenvalue weighted by Crippen LogP contribution is 2.22. The largest absolute Gasteiger partial charge is 0.467 e. The molecule has 2 aromatic heterocycles. The summed E-state index contributed by atoms with van der Waals surface area (Å²) in [6.07, 6.45) is 0.555. The number of rotatable bonds is 8. The van der Waals surface area contributed by atoms with Crippen LogP contribution in [0.3, 0.4) is 0 Å². The predicted octanol–water partition coefficient (Wildman–Crippen LogP) is 4.47. The maximum absolute atomic E-state index is 12.8. The monoisotopic (exact) mass is 408 g/mol. The lowest BCUT2D eigenvalue weighted by molar-refractivity contribution is 0.0318. The fourth-order valence-electron chi connectivity index (χ4n) is 3.42. The van der Waals surface area contributed by atoms with Crippen LogP contribution >= 0.6 is 0 Å². The van der Waals surface area contributed by atoms with E-state index in [9.17, 15) is 14.4 Å². The average Bonchev–Trinajstić information content (AvgIpc) is 3.33. The van der Waals surface area contributed by atoms with Gasteiger partial charge in [0.25, 0.3) is 0 Å². The summed E-state index contributed by atoms with van der Waals surface area (Å²) in [5, 5.41) is 3.14. The number of esters is 1. The van der Waals surface area contributed by atoms with Crippen molar-refractivity contribution < 1.29 is 23.5 Å². The van der Waals surface area contributed by atoms with Gasteiger partial charge in [-0.3, -0.25) is 9.59 Å². The van der Waals surface area contributed by atoms with Crippen LogP contribution in [0.2, 0.25) is 0 Å². The maximum atomic E-state index is 12.8. The number of hydrogen-bond acceptors (Lipinski definition) is 6. The number of aryl methyl sites for hydroxylation is 1. The Morgan fingerprint density at radius 1 is 1.13 bits per heavy atom. The van der Waals surface area contributed by atoms with Crippen LogP contribution in [0.4, 0.5) is 5.69 Å². The van der Waals surface area contributed by atoms with Gasteiger partial charge in [0.05, 0.1) is 24.1 Å². The van der Waals surface area contributed by atoms with Crippen LogP contribution in [0.25, 0.3) is 0 Å². The SMILES string of the molecule is CC(=O)c1c(C)[nH]c(C(=O)[C@@H](C)OC(=O)c2ccccc2NCc2ccco2)c1C. The number of furan rings is 1. The van der Waals surface area contributed by atoms with E-state index in [1.54, 1.807) is 50.4 Å². The molecule has 0 aliphatic carbocycles. The Balaban J connectivity index is 1.74. The molecule has 7 heteroatoms. The summed E-state index contributed by atoms with van der Waals surface area (Å²) in [7, 11) is 0. The number of ketones is 2. The molecule has 156 valence electrons. The fourth-order valence-corrected chi connectivity index (χ4v) is 3.42. The van der Waals surface area contributed by atoms with Crippen molar-refractivity contribution in [2.24, 2.45) is 0 Å². The van der Waals surface area contributed by atoms with Gasteiger partial charge in [-0.1, -0.05) is 12.1 Å². The number of nitrogens with one attached hydrogen (secondary N) is 2. The molecule has 3 aromatic rings. The number of para-hydroxylation sites is 1. The third-order valence-corrected chi connectivity index (χ3v) is 4.87. The van der Waals surface area contributed by atoms with E-state index < -0.39 is 17.9 Å². The second kappa shape index (κ2) is 8.82. The zero-order valence-corrected chi connectivity index (χ0v) is 17.4. The molecule has 3 rings (SSSR count). The van der Waals surface area contributed by atoms with Crippen LogP contribution in [0, 0.1) is 13.8 Å². The molecule has 30 heavy (non-hydrogen) atoms. The third-order valence-electron chi connectivity index (χ3n) is 4.87. The number of Topliss-reactive ketones (excluding diaryl/α,β-unsaturated/α-hetero) is 2. The second-order valence-electron chi connectivity index (χ2n) is 7.07. The van der Waals surface area contributed by atoms with E-state index in [1.807, 2.05) is 6.07 Å². The van der Waals surface area contributed by atoms with Crippen LogP contribution in [0.15, 0.2) is 47.1 Å². The van der Waals surface area contributed by atoms with Gasteiger partial charge >= 0.3 is 5.97 Å². The first kappa shape index (κ1) is 21.1. The van der Waals surface area contributed by atoms with Gasteiger partial charge in [0, 0.05) is 16.9 Å². The van der Waals surface area contributed by atoms with Crippen LogP contribution in [0.1, 0.15) is 62.1 Å². The molecule has 0 saturated carbocycles. The van der Waals surface area contributed by atoms with E-state index in [2.05, 4.69) is 10.3 Å². The van der Waals surface area contributed by atoms with E-state index >= 15 is 0 Å². The normalized spacial score (nSPS) is 11.7. The highest BCUT2D eigenvalue weighted by atomic mass is 16.5. The fraction of sp³-hybridized carbons (Fsp3) is 0.261. The summed E-state index contributed by atoms with van der Waals surface area (Å²) in [6.45, 7) is 6.81. The third kappa shape index (κ3) is 4.35. The van der Waals surface area contributed by atoms with E-state index in [-0.39, 0.29) is 11.5 Å². The van der Waals surface area contributed by atoms with Crippen molar-refractivity contribution in [3.05, 3.63) is 76.5 Å². The van der Waals surface area contributed by atoms with E-state index in [4.69, 9.17) is 9.15 Å². The summed E-state index contributed by atoms with van der Waals surface area (Å²) in [6, 6.07) is 10.5. The lowest BCUT2D eigenvalue weighted by atomic mass is 10.0. The highest BCUT2D eigenvalue weighted by Gasteiger charge is 2.27. The first-order valence-corrected chi connectivity index (χ1v) is 9.60. The summed E-state index contributed by atoms with van der Waals surface area (Å²) < 4.78 is 10.7.